The van der Waals surface area contributed by atoms with Gasteiger partial charge in [0.15, 0.2) is 0 Å². The molecule has 3 saturated carbocycles. The Labute approximate surface area is 212 Å². The predicted octanol–water partition coefficient (Wildman–Crippen LogP) is 4.68. The summed E-state index contributed by atoms with van der Waals surface area (Å²) in [5.41, 5.74) is 4.33. The highest BCUT2D eigenvalue weighted by Crippen LogP contribution is 2.46. The smallest absolute Gasteiger partial charge is 0.226 e. The fourth-order valence-electron chi connectivity index (χ4n) is 5.48. The highest BCUT2D eigenvalue weighted by molar-refractivity contribution is 5.91. The number of aromatic nitrogens is 1. The predicted molar refractivity (Wildman–Crippen MR) is 138 cm³/mol. The topological polar surface area (TPSA) is 89.3 Å². The van der Waals surface area contributed by atoms with E-state index in [1.165, 1.54) is 12.8 Å². The summed E-state index contributed by atoms with van der Waals surface area (Å²) in [5.74, 6) is 2.29. The van der Waals surface area contributed by atoms with Crippen molar-refractivity contribution >= 4 is 23.3 Å². The van der Waals surface area contributed by atoms with Crippen LogP contribution >= 0.6 is 0 Å². The number of amides is 2. The Morgan fingerprint density at radius 3 is 2.58 bits per heavy atom. The number of nitrogens with zero attached hydrogens (tertiary/aromatic N) is 4. The molecule has 1 unspecified atom stereocenters. The van der Waals surface area contributed by atoms with E-state index in [0.29, 0.717) is 42.8 Å². The molecule has 0 radical (unpaired) electrons. The summed E-state index contributed by atoms with van der Waals surface area (Å²) in [4.78, 5) is 34.4. The van der Waals surface area contributed by atoms with Gasteiger partial charge >= 0.3 is 0 Å². The maximum atomic E-state index is 12.9. The van der Waals surface area contributed by atoms with Gasteiger partial charge in [-0.1, -0.05) is 19.1 Å². The van der Waals surface area contributed by atoms with E-state index in [-0.39, 0.29) is 17.9 Å². The van der Waals surface area contributed by atoms with Gasteiger partial charge in [-0.05, 0) is 68.2 Å². The molecule has 1 N–H and O–H groups in total. The first-order valence-electron chi connectivity index (χ1n) is 13.5. The Morgan fingerprint density at radius 2 is 1.92 bits per heavy atom. The molecule has 2 aromatic rings. The zero-order chi connectivity index (χ0) is 24.8. The van der Waals surface area contributed by atoms with Crippen molar-refractivity contribution in [2.45, 2.75) is 63.8 Å². The number of carbonyl (C=O) groups is 2. The number of hydrogen-bond donors (Lipinski definition) is 1. The lowest BCUT2D eigenvalue weighted by Gasteiger charge is -2.43. The number of anilines is 2. The fourth-order valence-corrected chi connectivity index (χ4v) is 5.48. The standard InChI is InChI=1S/C29H33N5O2/c1-2-26(35)31-23-5-3-4-21(14-23)24-15-22(16-30)28(32-27(24)19-8-9-19)33-12-13-34(29(36)20-10-11-20)25(17-33)18-6-7-18/h3-5,14-15,18-20,25H,2,6-13,17H2,1H3,(H,31,35). The van der Waals surface area contributed by atoms with Gasteiger partial charge in [-0.3, -0.25) is 9.59 Å². The van der Waals surface area contributed by atoms with Gasteiger partial charge in [-0.25, -0.2) is 4.98 Å². The van der Waals surface area contributed by atoms with Crippen molar-refractivity contribution < 1.29 is 9.59 Å². The molecule has 7 heteroatoms. The third kappa shape index (κ3) is 4.57. The summed E-state index contributed by atoms with van der Waals surface area (Å²) in [7, 11) is 0. The van der Waals surface area contributed by atoms with Crippen LogP contribution in [0, 0.1) is 23.2 Å². The minimum absolute atomic E-state index is 0.0229. The molecule has 0 bridgehead atoms. The lowest BCUT2D eigenvalue weighted by atomic mass is 9.98. The zero-order valence-electron chi connectivity index (χ0n) is 20.9. The van der Waals surface area contributed by atoms with Gasteiger partial charge in [0, 0.05) is 49.1 Å². The molecule has 7 nitrogen and oxygen atoms in total. The molecule has 2 heterocycles. The molecule has 6 rings (SSSR count). The van der Waals surface area contributed by atoms with Crippen LogP contribution in [-0.2, 0) is 9.59 Å². The van der Waals surface area contributed by atoms with Crippen LogP contribution in [0.3, 0.4) is 0 Å². The van der Waals surface area contributed by atoms with Crippen molar-refractivity contribution in [2.75, 3.05) is 29.9 Å². The minimum Gasteiger partial charge on any atom is -0.352 e. The largest absolute Gasteiger partial charge is 0.352 e. The van der Waals surface area contributed by atoms with Crippen molar-refractivity contribution in [3.63, 3.8) is 0 Å². The second kappa shape index (κ2) is 9.24. The van der Waals surface area contributed by atoms with Crippen molar-refractivity contribution in [2.24, 2.45) is 11.8 Å². The molecular weight excluding hydrogens is 450 g/mol. The molecular formula is C29H33N5O2. The van der Waals surface area contributed by atoms with Crippen molar-refractivity contribution in [1.82, 2.24) is 9.88 Å². The first kappa shape index (κ1) is 23.0. The van der Waals surface area contributed by atoms with E-state index in [9.17, 15) is 14.9 Å². The molecule has 1 aliphatic heterocycles. The molecule has 1 atom stereocenters. The number of benzene rings is 1. The number of carbonyl (C=O) groups excluding carboxylic acids is 2. The van der Waals surface area contributed by atoms with E-state index >= 15 is 0 Å². The Hall–Kier alpha value is -3.40. The molecule has 0 spiro atoms. The number of piperazine rings is 1. The monoisotopic (exact) mass is 483 g/mol. The van der Waals surface area contributed by atoms with Gasteiger partial charge in [-0.2, -0.15) is 5.26 Å². The highest BCUT2D eigenvalue weighted by atomic mass is 16.2. The van der Waals surface area contributed by atoms with Gasteiger partial charge < -0.3 is 15.1 Å². The van der Waals surface area contributed by atoms with E-state index in [1.807, 2.05) is 37.3 Å². The van der Waals surface area contributed by atoms with Crippen LogP contribution in [0.5, 0.6) is 0 Å². The molecule has 3 aliphatic carbocycles. The second-order valence-electron chi connectivity index (χ2n) is 10.8. The molecule has 186 valence electrons. The first-order chi connectivity index (χ1) is 17.6. The van der Waals surface area contributed by atoms with Gasteiger partial charge in [0.25, 0.3) is 0 Å². The van der Waals surface area contributed by atoms with Crippen molar-refractivity contribution in [1.29, 1.82) is 5.26 Å². The van der Waals surface area contributed by atoms with E-state index < -0.39 is 0 Å². The van der Waals surface area contributed by atoms with Crippen molar-refractivity contribution in [3.8, 4) is 17.2 Å². The molecule has 1 aromatic carbocycles. The Balaban J connectivity index is 1.32. The SMILES string of the molecule is CCC(=O)Nc1cccc(-c2cc(C#N)c(N3CCN(C(=O)C4CC4)C(C4CC4)C3)nc2C2CC2)c1. The lowest BCUT2D eigenvalue weighted by molar-refractivity contribution is -0.135. The van der Waals surface area contributed by atoms with Crippen LogP contribution in [0.2, 0.25) is 0 Å². The number of rotatable bonds is 7. The number of hydrogen-bond acceptors (Lipinski definition) is 5. The van der Waals surface area contributed by atoms with E-state index in [0.717, 1.165) is 60.6 Å². The van der Waals surface area contributed by atoms with Crippen LogP contribution < -0.4 is 10.2 Å². The quantitative estimate of drug-likeness (QED) is 0.617. The maximum Gasteiger partial charge on any atom is 0.226 e. The molecule has 1 saturated heterocycles. The average molecular weight is 484 g/mol. The van der Waals surface area contributed by atoms with E-state index in [4.69, 9.17) is 4.98 Å². The number of pyridine rings is 1. The van der Waals surface area contributed by atoms with Crippen LogP contribution in [0.25, 0.3) is 11.1 Å². The number of nitrogens with one attached hydrogen (secondary N) is 1. The van der Waals surface area contributed by atoms with Crippen molar-refractivity contribution in [3.05, 3.63) is 41.6 Å². The maximum absolute atomic E-state index is 12.9. The Bertz CT molecular complexity index is 1240. The second-order valence-corrected chi connectivity index (χ2v) is 10.8. The van der Waals surface area contributed by atoms with Gasteiger partial charge in [0.1, 0.15) is 11.9 Å². The molecule has 36 heavy (non-hydrogen) atoms. The molecule has 2 amide bonds. The first-order valence-corrected chi connectivity index (χ1v) is 13.5. The Kier molecular flexibility index (Phi) is 5.91. The molecule has 4 aliphatic rings. The lowest BCUT2D eigenvalue weighted by Crippen LogP contribution is -2.57. The summed E-state index contributed by atoms with van der Waals surface area (Å²) >= 11 is 0. The van der Waals surface area contributed by atoms with E-state index in [1.54, 1.807) is 0 Å². The molecule has 1 aromatic heterocycles. The summed E-state index contributed by atoms with van der Waals surface area (Å²) < 4.78 is 0. The zero-order valence-corrected chi connectivity index (χ0v) is 20.9. The Morgan fingerprint density at radius 1 is 1.11 bits per heavy atom. The third-order valence-electron chi connectivity index (χ3n) is 7.99. The number of nitriles is 1. The summed E-state index contributed by atoms with van der Waals surface area (Å²) in [5, 5.41) is 13.1. The van der Waals surface area contributed by atoms with Gasteiger partial charge in [0.2, 0.25) is 11.8 Å². The molecule has 4 fully saturated rings. The fraction of sp³-hybridized carbons (Fsp3) is 0.517. The summed E-state index contributed by atoms with van der Waals surface area (Å²) in [6.07, 6.45) is 7.06. The third-order valence-corrected chi connectivity index (χ3v) is 7.99. The highest BCUT2D eigenvalue weighted by Gasteiger charge is 2.45. The summed E-state index contributed by atoms with van der Waals surface area (Å²) in [6, 6.07) is 12.5. The van der Waals surface area contributed by atoms with Crippen LogP contribution in [-0.4, -0.2) is 47.4 Å². The normalized spacial score (nSPS) is 21.7. The summed E-state index contributed by atoms with van der Waals surface area (Å²) in [6.45, 7) is 4.02. The average Bonchev–Trinajstić information content (AvgIpc) is 3.75. The van der Waals surface area contributed by atoms with Crippen LogP contribution in [0.15, 0.2) is 30.3 Å². The van der Waals surface area contributed by atoms with Crippen LogP contribution in [0.1, 0.15) is 69.0 Å². The van der Waals surface area contributed by atoms with E-state index in [2.05, 4.69) is 21.2 Å². The minimum atomic E-state index is -0.0229. The van der Waals surface area contributed by atoms with Gasteiger partial charge in [-0.15, -0.1) is 0 Å². The van der Waals surface area contributed by atoms with Gasteiger partial charge in [0.05, 0.1) is 17.3 Å². The van der Waals surface area contributed by atoms with Crippen LogP contribution in [0.4, 0.5) is 11.5 Å².